The van der Waals surface area contributed by atoms with Crippen molar-refractivity contribution in [1.82, 2.24) is 5.32 Å². The maximum Gasteiger partial charge on any atom is 0.324 e. The highest BCUT2D eigenvalue weighted by molar-refractivity contribution is 6.74. The van der Waals surface area contributed by atoms with Crippen LogP contribution in [0, 0.1) is 28.4 Å². The van der Waals surface area contributed by atoms with Crippen LogP contribution in [0.1, 0.15) is 78.9 Å². The van der Waals surface area contributed by atoms with E-state index in [0.717, 1.165) is 6.07 Å². The fraction of sp³-hybridized carbons (Fsp3) is 0.576. The van der Waals surface area contributed by atoms with E-state index in [4.69, 9.17) is 32.4 Å². The smallest absolute Gasteiger partial charge is 0.324 e. The van der Waals surface area contributed by atoms with Gasteiger partial charge in [0.1, 0.15) is 28.7 Å². The molecule has 1 fully saturated rings. The molecule has 1 heterocycles. The minimum absolute atomic E-state index is 0.00782. The zero-order chi connectivity index (χ0) is 32.8. The van der Waals surface area contributed by atoms with Gasteiger partial charge in [-0.25, -0.2) is 8.78 Å². The first-order valence-corrected chi connectivity index (χ1v) is 18.2. The first kappa shape index (κ1) is 35.5. The third-order valence-corrected chi connectivity index (χ3v) is 13.7. The lowest BCUT2D eigenvalue weighted by atomic mass is 9.62. The molecule has 1 saturated heterocycles. The van der Waals surface area contributed by atoms with Crippen LogP contribution in [-0.2, 0) is 19.4 Å². The predicted octanol–water partition coefficient (Wildman–Crippen LogP) is 8.94. The second-order valence-corrected chi connectivity index (χ2v) is 20.5. The number of esters is 1. The summed E-state index contributed by atoms with van der Waals surface area (Å²) in [6.45, 7) is 20.4. The molecule has 0 amide bonds. The molecule has 0 radical (unpaired) electrons. The molecule has 0 saturated carbocycles. The van der Waals surface area contributed by atoms with Crippen LogP contribution in [0.25, 0.3) is 0 Å². The molecule has 4 atom stereocenters. The summed E-state index contributed by atoms with van der Waals surface area (Å²) in [5, 5.41) is 14.4. The van der Waals surface area contributed by atoms with Crippen LogP contribution in [0.5, 0.6) is 0 Å². The van der Waals surface area contributed by atoms with E-state index < -0.39 is 60.4 Å². The van der Waals surface area contributed by atoms with E-state index in [0.29, 0.717) is 13.0 Å². The Hall–Kier alpha value is -2.02. The van der Waals surface area contributed by atoms with Gasteiger partial charge >= 0.3 is 5.97 Å². The van der Waals surface area contributed by atoms with E-state index in [1.165, 1.54) is 24.3 Å². The predicted molar refractivity (Wildman–Crippen MR) is 171 cm³/mol. The topological polar surface area (TPSA) is 71.3 Å². The number of halogens is 4. The highest BCUT2D eigenvalue weighted by Gasteiger charge is 2.62. The largest absolute Gasteiger partial charge is 0.459 e. The van der Waals surface area contributed by atoms with Gasteiger partial charge in [-0.2, -0.15) is 5.26 Å². The van der Waals surface area contributed by atoms with Crippen molar-refractivity contribution in [2.45, 2.75) is 109 Å². The number of hydrogen-bond donors (Lipinski definition) is 1. The molecular formula is C33H44Cl2F2N2O3Si. The van der Waals surface area contributed by atoms with E-state index in [-0.39, 0.29) is 26.2 Å². The summed E-state index contributed by atoms with van der Waals surface area (Å²) in [7, 11) is -2.13. The zero-order valence-corrected chi connectivity index (χ0v) is 29.3. The van der Waals surface area contributed by atoms with Gasteiger partial charge in [-0.15, -0.1) is 0 Å². The number of carbonyl (C=O) groups is 1. The summed E-state index contributed by atoms with van der Waals surface area (Å²) in [6.07, 6.45) is 0.301. The maximum atomic E-state index is 15.9. The van der Waals surface area contributed by atoms with Crippen LogP contribution in [0.4, 0.5) is 8.78 Å². The molecule has 2 aromatic rings. The van der Waals surface area contributed by atoms with Gasteiger partial charge in [0.25, 0.3) is 0 Å². The Morgan fingerprint density at radius 3 is 2.23 bits per heavy atom. The van der Waals surface area contributed by atoms with Gasteiger partial charge in [0.15, 0.2) is 8.32 Å². The molecule has 0 bridgehead atoms. The summed E-state index contributed by atoms with van der Waals surface area (Å²) in [5.74, 6) is -3.37. The van der Waals surface area contributed by atoms with Crippen LogP contribution in [0.2, 0.25) is 28.2 Å². The van der Waals surface area contributed by atoms with Crippen LogP contribution >= 0.6 is 23.2 Å². The lowest BCUT2D eigenvalue weighted by Crippen LogP contribution is -2.48. The third-order valence-electron chi connectivity index (χ3n) is 8.68. The standard InChI is InChI=1S/C33H44Cl2F2N2O3Si/c1-30(2,3)42-29(40)28-26(21-12-11-13-23(35)27(21)37)33(18-38,22-15-14-20(34)16-24(22)36)25(39-28)17-32(7,8)19-41-43(9,10)31(4,5)6/h11-16,25-26,28,39H,17,19H2,1-10H3/t25-,26-,28+,33-/m0/s1. The minimum Gasteiger partial charge on any atom is -0.459 e. The number of nitrogens with zero attached hydrogens (tertiary/aromatic N) is 1. The van der Waals surface area contributed by atoms with Crippen molar-refractivity contribution in [3.63, 3.8) is 0 Å². The third kappa shape index (κ3) is 7.45. The molecule has 10 heteroatoms. The molecule has 1 aliphatic rings. The Morgan fingerprint density at radius 2 is 1.70 bits per heavy atom. The molecular weight excluding hydrogens is 609 g/mol. The van der Waals surface area contributed by atoms with Gasteiger partial charge in [0.05, 0.1) is 11.1 Å². The van der Waals surface area contributed by atoms with Crippen molar-refractivity contribution in [2.75, 3.05) is 6.61 Å². The number of benzene rings is 2. The van der Waals surface area contributed by atoms with E-state index in [9.17, 15) is 10.1 Å². The van der Waals surface area contributed by atoms with Crippen molar-refractivity contribution < 1.29 is 22.7 Å². The van der Waals surface area contributed by atoms with Gasteiger partial charge in [-0.3, -0.25) is 10.1 Å². The SMILES string of the molecule is CC(C)(CO[Si](C)(C)C(C)(C)C)C[C@@H]1N[C@@H](C(=O)OC(C)(C)C)[C@H](c2cccc(Cl)c2F)[C@@]1(C#N)c1ccc(Cl)cc1F. The number of rotatable bonds is 8. The number of hydrogen-bond acceptors (Lipinski definition) is 5. The lowest BCUT2D eigenvalue weighted by molar-refractivity contribution is -0.157. The molecule has 0 spiro atoms. The fourth-order valence-corrected chi connectivity index (χ4v) is 7.02. The monoisotopic (exact) mass is 652 g/mol. The van der Waals surface area contributed by atoms with Gasteiger partial charge in [0, 0.05) is 29.2 Å². The summed E-state index contributed by atoms with van der Waals surface area (Å²) in [6, 6.07) is 8.87. The molecule has 1 N–H and O–H groups in total. The van der Waals surface area contributed by atoms with Crippen molar-refractivity contribution in [2.24, 2.45) is 5.41 Å². The van der Waals surface area contributed by atoms with Gasteiger partial charge in [-0.1, -0.05) is 76.0 Å². The van der Waals surface area contributed by atoms with Crippen molar-refractivity contribution in [3.05, 3.63) is 69.2 Å². The quantitative estimate of drug-likeness (QED) is 0.228. The Morgan fingerprint density at radius 1 is 1.07 bits per heavy atom. The lowest BCUT2D eigenvalue weighted by Gasteiger charge is -2.41. The molecule has 1 aliphatic heterocycles. The van der Waals surface area contributed by atoms with Crippen LogP contribution in [-0.4, -0.2) is 38.6 Å². The summed E-state index contributed by atoms with van der Waals surface area (Å²) in [5.41, 5.74) is -3.13. The molecule has 2 aromatic carbocycles. The van der Waals surface area contributed by atoms with Gasteiger partial charge < -0.3 is 9.16 Å². The van der Waals surface area contributed by atoms with Gasteiger partial charge in [0.2, 0.25) is 0 Å². The second kappa shape index (κ2) is 12.4. The van der Waals surface area contributed by atoms with Crippen molar-refractivity contribution >= 4 is 37.5 Å². The second-order valence-electron chi connectivity index (χ2n) is 14.9. The van der Waals surface area contributed by atoms with E-state index >= 15 is 8.78 Å². The zero-order valence-electron chi connectivity index (χ0n) is 26.8. The average molecular weight is 654 g/mol. The number of carbonyl (C=O) groups excluding carboxylic acids is 1. The normalized spacial score (nSPS) is 23.2. The highest BCUT2D eigenvalue weighted by atomic mass is 35.5. The Bertz CT molecular complexity index is 1400. The molecule has 0 unspecified atom stereocenters. The van der Waals surface area contributed by atoms with Crippen molar-refractivity contribution in [3.8, 4) is 6.07 Å². The van der Waals surface area contributed by atoms with Crippen LogP contribution in [0.15, 0.2) is 36.4 Å². The van der Waals surface area contributed by atoms with E-state index in [1.54, 1.807) is 26.8 Å². The summed E-state index contributed by atoms with van der Waals surface area (Å²) in [4.78, 5) is 13.8. The van der Waals surface area contributed by atoms with Gasteiger partial charge in [-0.05, 0) is 74.5 Å². The fourth-order valence-electron chi connectivity index (χ4n) is 5.49. The molecule has 0 aliphatic carbocycles. The number of nitriles is 1. The number of nitrogens with one attached hydrogen (secondary N) is 1. The van der Waals surface area contributed by atoms with E-state index in [1.807, 2.05) is 13.8 Å². The number of ether oxygens (including phenoxy) is 1. The van der Waals surface area contributed by atoms with Crippen molar-refractivity contribution in [1.29, 1.82) is 5.26 Å². The highest BCUT2D eigenvalue weighted by Crippen LogP contribution is 2.53. The first-order valence-electron chi connectivity index (χ1n) is 14.5. The Balaban J connectivity index is 2.26. The Labute approximate surface area is 266 Å². The minimum atomic E-state index is -2.13. The molecule has 0 aromatic heterocycles. The first-order chi connectivity index (χ1) is 19.6. The Kier molecular flexibility index (Phi) is 10.2. The summed E-state index contributed by atoms with van der Waals surface area (Å²) >= 11 is 12.3. The molecule has 236 valence electrons. The summed E-state index contributed by atoms with van der Waals surface area (Å²) < 4.78 is 44.1. The molecule has 3 rings (SSSR count). The van der Waals surface area contributed by atoms with E-state index in [2.05, 4.69) is 45.3 Å². The molecule has 5 nitrogen and oxygen atoms in total. The van der Waals surface area contributed by atoms with Crippen LogP contribution < -0.4 is 5.32 Å². The van der Waals surface area contributed by atoms with Crippen LogP contribution in [0.3, 0.4) is 0 Å². The maximum absolute atomic E-state index is 15.9. The average Bonchev–Trinajstić information content (AvgIpc) is 3.17. The molecule has 43 heavy (non-hydrogen) atoms.